The van der Waals surface area contributed by atoms with Gasteiger partial charge in [0.05, 0.1) is 22.4 Å². The van der Waals surface area contributed by atoms with Crippen molar-refractivity contribution < 1.29 is 4.74 Å². The highest BCUT2D eigenvalue weighted by Crippen LogP contribution is 2.50. The van der Waals surface area contributed by atoms with Gasteiger partial charge in [-0.1, -0.05) is 116 Å². The van der Waals surface area contributed by atoms with E-state index in [-0.39, 0.29) is 6.23 Å². The average Bonchev–Trinajstić information content (AvgIpc) is 3.76. The first-order chi connectivity index (χ1) is 24.7. The molecule has 7 aromatic carbocycles. The first-order valence-corrected chi connectivity index (χ1v) is 17.0. The van der Waals surface area contributed by atoms with Crippen LogP contribution in [-0.2, 0) is 0 Å². The van der Waals surface area contributed by atoms with Crippen LogP contribution in [0.5, 0.6) is 5.75 Å². The molecule has 1 aliphatic heterocycles. The molecule has 9 rings (SSSR count). The van der Waals surface area contributed by atoms with Crippen molar-refractivity contribution in [3.8, 4) is 22.6 Å². The van der Waals surface area contributed by atoms with Crippen LogP contribution in [0.1, 0.15) is 22.9 Å². The summed E-state index contributed by atoms with van der Waals surface area (Å²) < 4.78 is 9.09. The Hall–Kier alpha value is -6.52. The standard InChI is InChI=1S/C46H35N3O/c1-3-32-27-28-36(30-38(32)43-31(2)26-29-39-45(43)50-46(47-39)33-16-7-4-8-17-33)48(34-18-9-5-10-19-34)41-24-15-25-42-44(41)37-22-13-14-23-40(37)49(42)35-20-11-6-12-21-35/h3-30,46-47H,1H2,2H3. The highest BCUT2D eigenvalue weighted by atomic mass is 16.5. The number of benzene rings is 7. The van der Waals surface area contributed by atoms with Crippen LogP contribution < -0.4 is 15.0 Å². The summed E-state index contributed by atoms with van der Waals surface area (Å²) in [5.74, 6) is 0.860. The van der Waals surface area contributed by atoms with Gasteiger partial charge in [0.2, 0.25) is 0 Å². The van der Waals surface area contributed by atoms with Gasteiger partial charge in [-0.15, -0.1) is 0 Å². The van der Waals surface area contributed by atoms with E-state index < -0.39 is 0 Å². The summed E-state index contributed by atoms with van der Waals surface area (Å²) in [6.45, 7) is 6.38. The lowest BCUT2D eigenvalue weighted by Crippen LogP contribution is -2.11. The normalized spacial score (nSPS) is 13.5. The number of ether oxygens (including phenoxy) is 1. The zero-order valence-corrected chi connectivity index (χ0v) is 27.8. The van der Waals surface area contributed by atoms with E-state index in [1.807, 2.05) is 24.3 Å². The van der Waals surface area contributed by atoms with Gasteiger partial charge in [0.15, 0.2) is 12.0 Å². The van der Waals surface area contributed by atoms with E-state index in [0.29, 0.717) is 0 Å². The van der Waals surface area contributed by atoms with E-state index in [1.54, 1.807) is 0 Å². The predicted molar refractivity (Wildman–Crippen MR) is 209 cm³/mol. The molecule has 1 N–H and O–H groups in total. The van der Waals surface area contributed by atoms with Gasteiger partial charge < -0.3 is 19.5 Å². The predicted octanol–water partition coefficient (Wildman–Crippen LogP) is 12.4. The average molecular weight is 646 g/mol. The maximum Gasteiger partial charge on any atom is 0.196 e. The lowest BCUT2D eigenvalue weighted by atomic mass is 9.93. The fraction of sp³-hybridized carbons (Fsp3) is 0.0435. The Morgan fingerprint density at radius 2 is 1.38 bits per heavy atom. The number of aromatic nitrogens is 1. The number of para-hydroxylation sites is 3. The molecule has 1 aromatic heterocycles. The monoisotopic (exact) mass is 645 g/mol. The Morgan fingerprint density at radius 1 is 0.680 bits per heavy atom. The number of hydrogen-bond donors (Lipinski definition) is 1. The molecule has 240 valence electrons. The number of nitrogens with zero attached hydrogens (tertiary/aromatic N) is 2. The summed E-state index contributed by atoms with van der Waals surface area (Å²) in [5.41, 5.74) is 13.1. The zero-order valence-electron chi connectivity index (χ0n) is 27.8. The van der Waals surface area contributed by atoms with Crippen molar-refractivity contribution in [1.82, 2.24) is 4.57 Å². The smallest absolute Gasteiger partial charge is 0.196 e. The van der Waals surface area contributed by atoms with Crippen molar-refractivity contribution in [2.75, 3.05) is 10.2 Å². The highest BCUT2D eigenvalue weighted by molar-refractivity contribution is 6.16. The van der Waals surface area contributed by atoms with Crippen LogP contribution in [-0.4, -0.2) is 4.57 Å². The highest BCUT2D eigenvalue weighted by Gasteiger charge is 2.29. The van der Waals surface area contributed by atoms with Crippen LogP contribution in [0.3, 0.4) is 0 Å². The molecule has 0 spiro atoms. The Bertz CT molecular complexity index is 2520. The quantitative estimate of drug-likeness (QED) is 0.187. The second-order valence-electron chi connectivity index (χ2n) is 12.7. The second-order valence-corrected chi connectivity index (χ2v) is 12.7. The van der Waals surface area contributed by atoms with Crippen molar-refractivity contribution in [1.29, 1.82) is 0 Å². The molecule has 4 heteroatoms. The molecule has 1 aliphatic rings. The maximum atomic E-state index is 6.72. The molecule has 0 saturated carbocycles. The van der Waals surface area contributed by atoms with Gasteiger partial charge in [-0.25, -0.2) is 0 Å². The minimum atomic E-state index is -0.262. The third kappa shape index (κ3) is 4.84. The van der Waals surface area contributed by atoms with Gasteiger partial charge >= 0.3 is 0 Å². The van der Waals surface area contributed by atoms with Crippen LogP contribution in [0.2, 0.25) is 0 Å². The molecule has 50 heavy (non-hydrogen) atoms. The summed E-state index contributed by atoms with van der Waals surface area (Å²) in [5, 5.41) is 6.00. The summed E-state index contributed by atoms with van der Waals surface area (Å²) >= 11 is 0. The van der Waals surface area contributed by atoms with Crippen molar-refractivity contribution in [2.24, 2.45) is 0 Å². The van der Waals surface area contributed by atoms with Crippen molar-refractivity contribution >= 4 is 50.6 Å². The molecule has 0 radical (unpaired) electrons. The first-order valence-electron chi connectivity index (χ1n) is 17.0. The van der Waals surface area contributed by atoms with E-state index in [1.165, 1.54) is 16.3 Å². The molecule has 0 aliphatic carbocycles. The van der Waals surface area contributed by atoms with Crippen LogP contribution in [0, 0.1) is 6.92 Å². The van der Waals surface area contributed by atoms with Crippen LogP contribution in [0.25, 0.3) is 44.7 Å². The number of anilines is 4. The van der Waals surface area contributed by atoms with Crippen LogP contribution in [0.15, 0.2) is 170 Å². The number of nitrogens with one attached hydrogen (secondary N) is 1. The van der Waals surface area contributed by atoms with E-state index in [0.717, 1.165) is 67.5 Å². The van der Waals surface area contributed by atoms with Gasteiger partial charge in [-0.2, -0.15) is 0 Å². The summed E-state index contributed by atoms with van der Waals surface area (Å²) in [6.07, 6.45) is 1.68. The summed E-state index contributed by atoms with van der Waals surface area (Å²) in [4.78, 5) is 2.38. The molecular formula is C46H35N3O. The van der Waals surface area contributed by atoms with E-state index >= 15 is 0 Å². The van der Waals surface area contributed by atoms with Crippen molar-refractivity contribution in [3.63, 3.8) is 0 Å². The lowest BCUT2D eigenvalue weighted by molar-refractivity contribution is 0.260. The van der Waals surface area contributed by atoms with E-state index in [2.05, 4.69) is 174 Å². The third-order valence-corrected chi connectivity index (χ3v) is 9.72. The Kier molecular flexibility index (Phi) is 7.21. The number of aryl methyl sites for hydroxylation is 1. The van der Waals surface area contributed by atoms with Crippen molar-refractivity contribution in [2.45, 2.75) is 13.2 Å². The Balaban J connectivity index is 1.27. The van der Waals surface area contributed by atoms with E-state index in [9.17, 15) is 0 Å². The first kappa shape index (κ1) is 29.6. The van der Waals surface area contributed by atoms with Gasteiger partial charge in [-0.05, 0) is 84.3 Å². The number of fused-ring (bicyclic) bond motifs is 4. The number of hydrogen-bond acceptors (Lipinski definition) is 3. The molecule has 0 saturated heterocycles. The maximum absolute atomic E-state index is 6.72. The van der Waals surface area contributed by atoms with Gasteiger partial charge in [0.1, 0.15) is 0 Å². The topological polar surface area (TPSA) is 29.4 Å². The summed E-state index contributed by atoms with van der Waals surface area (Å²) in [7, 11) is 0. The second kappa shape index (κ2) is 12.2. The molecule has 4 nitrogen and oxygen atoms in total. The largest absolute Gasteiger partial charge is 0.464 e. The lowest BCUT2D eigenvalue weighted by Gasteiger charge is -2.28. The molecule has 1 unspecified atom stereocenters. The Labute approximate surface area is 292 Å². The van der Waals surface area contributed by atoms with Gasteiger partial charge in [-0.3, -0.25) is 0 Å². The molecule has 1 atom stereocenters. The van der Waals surface area contributed by atoms with Gasteiger partial charge in [0, 0.05) is 39.0 Å². The van der Waals surface area contributed by atoms with Crippen LogP contribution >= 0.6 is 0 Å². The van der Waals surface area contributed by atoms with Gasteiger partial charge in [0.25, 0.3) is 0 Å². The zero-order chi connectivity index (χ0) is 33.6. The minimum absolute atomic E-state index is 0.262. The van der Waals surface area contributed by atoms with E-state index in [4.69, 9.17) is 4.74 Å². The fourth-order valence-electron chi connectivity index (χ4n) is 7.44. The third-order valence-electron chi connectivity index (χ3n) is 9.72. The number of rotatable bonds is 7. The Morgan fingerprint density at radius 3 is 2.16 bits per heavy atom. The minimum Gasteiger partial charge on any atom is -0.464 e. The SMILES string of the molecule is C=Cc1ccc(N(c2ccccc2)c2cccc3c2c2ccccc2n3-c2ccccc2)cc1-c1c(C)ccc2c1OC(c1ccccc1)N2. The molecule has 2 heterocycles. The summed E-state index contributed by atoms with van der Waals surface area (Å²) in [6, 6.07) is 57.9. The van der Waals surface area contributed by atoms with Crippen LogP contribution in [0.4, 0.5) is 22.7 Å². The molecule has 0 bridgehead atoms. The molecule has 0 fully saturated rings. The molecule has 0 amide bonds. The molecular weight excluding hydrogens is 611 g/mol. The fourth-order valence-corrected chi connectivity index (χ4v) is 7.44. The molecule has 8 aromatic rings. The van der Waals surface area contributed by atoms with Crippen molar-refractivity contribution in [3.05, 3.63) is 187 Å².